The van der Waals surface area contributed by atoms with Crippen LogP contribution in [0.3, 0.4) is 0 Å². The number of hydrogen-bond donors (Lipinski definition) is 1. The molecule has 0 saturated heterocycles. The van der Waals surface area contributed by atoms with Crippen LogP contribution in [-0.2, 0) is 5.60 Å². The molecule has 0 unspecified atom stereocenters. The molecule has 2 aromatic heterocycles. The lowest BCUT2D eigenvalue weighted by atomic mass is 9.98. The fraction of sp³-hybridized carbons (Fsp3) is 0.200. The quantitative estimate of drug-likeness (QED) is 0.731. The third-order valence-corrected chi connectivity index (χ3v) is 4.21. The summed E-state index contributed by atoms with van der Waals surface area (Å²) in [5.41, 5.74) is 4.58. The van der Waals surface area contributed by atoms with Crippen molar-refractivity contribution in [2.75, 3.05) is 0 Å². The molecule has 1 aromatic carbocycles. The molecule has 0 spiro atoms. The molecule has 0 bridgehead atoms. The van der Waals surface area contributed by atoms with Gasteiger partial charge < -0.3 is 5.11 Å². The summed E-state index contributed by atoms with van der Waals surface area (Å²) in [5, 5.41) is 10.9. The predicted molar refractivity (Wildman–Crippen MR) is 97.9 cm³/mol. The van der Waals surface area contributed by atoms with Gasteiger partial charge in [0.1, 0.15) is 5.60 Å². The Balaban J connectivity index is 2.05. The van der Waals surface area contributed by atoms with E-state index in [1.54, 1.807) is 32.4 Å². The maximum Gasteiger partial charge on any atom is 0.101 e. The lowest BCUT2D eigenvalue weighted by molar-refractivity contribution is 0.0739. The molecule has 0 radical (unpaired) electrons. The van der Waals surface area contributed by atoms with Crippen molar-refractivity contribution in [3.8, 4) is 22.3 Å². The van der Waals surface area contributed by atoms with E-state index in [1.165, 1.54) is 0 Å². The largest absolute Gasteiger partial charge is 0.384 e. The average molecular weight is 339 g/mol. The summed E-state index contributed by atoms with van der Waals surface area (Å²) in [6.45, 7) is 5.46. The zero-order valence-electron chi connectivity index (χ0n) is 13.9. The maximum atomic E-state index is 10.2. The monoisotopic (exact) mass is 338 g/mol. The van der Waals surface area contributed by atoms with Crippen LogP contribution < -0.4 is 0 Å². The van der Waals surface area contributed by atoms with Crippen molar-refractivity contribution in [1.82, 2.24) is 9.97 Å². The maximum absolute atomic E-state index is 10.2. The molecule has 0 aliphatic heterocycles. The third-order valence-electron chi connectivity index (χ3n) is 3.89. The number of nitrogens with zero attached hydrogens (tertiary/aromatic N) is 2. The van der Waals surface area contributed by atoms with Gasteiger partial charge >= 0.3 is 0 Å². The fourth-order valence-electron chi connectivity index (χ4n) is 2.54. The molecule has 2 heterocycles. The predicted octanol–water partition coefficient (Wildman–Crippen LogP) is 5.00. The molecule has 0 aliphatic rings. The molecule has 0 fully saturated rings. The molecule has 3 nitrogen and oxygen atoms in total. The van der Waals surface area contributed by atoms with Crippen LogP contribution in [-0.4, -0.2) is 15.1 Å². The zero-order valence-corrected chi connectivity index (χ0v) is 14.7. The van der Waals surface area contributed by atoms with Gasteiger partial charge in [0.25, 0.3) is 0 Å². The van der Waals surface area contributed by atoms with Gasteiger partial charge in [0.2, 0.25) is 0 Å². The number of aryl methyl sites for hydroxylation is 1. The molecular formula is C20H19ClN2O. The van der Waals surface area contributed by atoms with Crippen LogP contribution in [0.4, 0.5) is 0 Å². The topological polar surface area (TPSA) is 46.0 Å². The van der Waals surface area contributed by atoms with Gasteiger partial charge in [-0.25, -0.2) is 0 Å². The number of aromatic nitrogens is 2. The molecule has 0 amide bonds. The molecule has 3 rings (SSSR count). The van der Waals surface area contributed by atoms with Crippen molar-refractivity contribution >= 4 is 11.6 Å². The van der Waals surface area contributed by atoms with E-state index in [9.17, 15) is 5.11 Å². The van der Waals surface area contributed by atoms with Crippen LogP contribution >= 0.6 is 11.6 Å². The Labute approximate surface area is 147 Å². The summed E-state index contributed by atoms with van der Waals surface area (Å²) in [6, 6.07) is 11.8. The van der Waals surface area contributed by atoms with Crippen molar-refractivity contribution in [2.45, 2.75) is 26.4 Å². The molecular weight excluding hydrogens is 320 g/mol. The second-order valence-corrected chi connectivity index (χ2v) is 6.84. The van der Waals surface area contributed by atoms with Crippen LogP contribution in [0.25, 0.3) is 22.3 Å². The molecule has 0 atom stereocenters. The Hall–Kier alpha value is -2.23. The molecule has 4 heteroatoms. The molecule has 3 aromatic rings. The zero-order chi connectivity index (χ0) is 17.3. The average Bonchev–Trinajstić information content (AvgIpc) is 2.54. The number of rotatable bonds is 3. The SMILES string of the molecule is Cc1ccc(-c2cncc(-c3ccnc(C(C)(C)O)c3)c2)c(Cl)c1. The van der Waals surface area contributed by atoms with Crippen molar-refractivity contribution in [2.24, 2.45) is 0 Å². The second kappa shape index (κ2) is 6.34. The van der Waals surface area contributed by atoms with E-state index in [1.807, 2.05) is 43.3 Å². The number of hydrogen-bond acceptors (Lipinski definition) is 3. The van der Waals surface area contributed by atoms with Crippen LogP contribution in [0.2, 0.25) is 5.02 Å². The summed E-state index contributed by atoms with van der Waals surface area (Å²) in [5.74, 6) is 0. The van der Waals surface area contributed by atoms with E-state index < -0.39 is 5.60 Å². The molecule has 0 saturated carbocycles. The van der Waals surface area contributed by atoms with E-state index in [0.717, 1.165) is 27.8 Å². The van der Waals surface area contributed by atoms with Gasteiger partial charge in [-0.15, -0.1) is 0 Å². The minimum Gasteiger partial charge on any atom is -0.384 e. The number of halogens is 1. The molecule has 1 N–H and O–H groups in total. The van der Waals surface area contributed by atoms with Gasteiger partial charge in [-0.2, -0.15) is 0 Å². The van der Waals surface area contributed by atoms with Crippen LogP contribution in [0.5, 0.6) is 0 Å². The summed E-state index contributed by atoms with van der Waals surface area (Å²) in [7, 11) is 0. The minimum atomic E-state index is -0.985. The Kier molecular flexibility index (Phi) is 4.39. The van der Waals surface area contributed by atoms with Gasteiger partial charge in [0.15, 0.2) is 0 Å². The molecule has 24 heavy (non-hydrogen) atoms. The van der Waals surface area contributed by atoms with Crippen LogP contribution in [0.1, 0.15) is 25.1 Å². The number of pyridine rings is 2. The van der Waals surface area contributed by atoms with E-state index in [-0.39, 0.29) is 0 Å². The first kappa shape index (κ1) is 16.6. The highest BCUT2D eigenvalue weighted by atomic mass is 35.5. The van der Waals surface area contributed by atoms with E-state index in [2.05, 4.69) is 9.97 Å². The van der Waals surface area contributed by atoms with Crippen molar-refractivity contribution < 1.29 is 5.11 Å². The van der Waals surface area contributed by atoms with E-state index in [4.69, 9.17) is 11.6 Å². The van der Waals surface area contributed by atoms with Crippen molar-refractivity contribution in [3.05, 3.63) is 71.3 Å². The Morgan fingerprint density at radius 2 is 1.71 bits per heavy atom. The van der Waals surface area contributed by atoms with Crippen molar-refractivity contribution in [3.63, 3.8) is 0 Å². The second-order valence-electron chi connectivity index (χ2n) is 6.43. The first-order valence-electron chi connectivity index (χ1n) is 7.75. The van der Waals surface area contributed by atoms with Crippen LogP contribution in [0.15, 0.2) is 55.0 Å². The summed E-state index contributed by atoms with van der Waals surface area (Å²) < 4.78 is 0. The normalized spacial score (nSPS) is 11.5. The van der Waals surface area contributed by atoms with E-state index >= 15 is 0 Å². The Morgan fingerprint density at radius 3 is 2.42 bits per heavy atom. The molecule has 0 aliphatic carbocycles. The van der Waals surface area contributed by atoms with Crippen molar-refractivity contribution in [1.29, 1.82) is 0 Å². The van der Waals surface area contributed by atoms with Crippen LogP contribution in [0, 0.1) is 6.92 Å². The summed E-state index contributed by atoms with van der Waals surface area (Å²) >= 11 is 6.38. The number of benzene rings is 1. The standard InChI is InChI=1S/C20H19ClN2O/c1-13-4-5-17(18(21)8-13)16-9-15(11-22-12-16)14-6-7-23-19(10-14)20(2,3)24/h4-12,24H,1-3H3. The highest BCUT2D eigenvalue weighted by Crippen LogP contribution is 2.31. The van der Waals surface area contributed by atoms with Gasteiger partial charge in [-0.1, -0.05) is 23.7 Å². The smallest absolute Gasteiger partial charge is 0.101 e. The highest BCUT2D eigenvalue weighted by Gasteiger charge is 2.18. The first-order valence-corrected chi connectivity index (χ1v) is 8.13. The lowest BCUT2D eigenvalue weighted by Crippen LogP contribution is -2.17. The lowest BCUT2D eigenvalue weighted by Gasteiger charge is -2.17. The molecule has 122 valence electrons. The number of aliphatic hydroxyl groups is 1. The van der Waals surface area contributed by atoms with Gasteiger partial charge in [-0.05, 0) is 56.2 Å². The minimum absolute atomic E-state index is 0.624. The fourth-order valence-corrected chi connectivity index (χ4v) is 2.89. The van der Waals surface area contributed by atoms with Gasteiger partial charge in [0, 0.05) is 40.3 Å². The highest BCUT2D eigenvalue weighted by molar-refractivity contribution is 6.33. The van der Waals surface area contributed by atoms with Gasteiger partial charge in [-0.3, -0.25) is 9.97 Å². The van der Waals surface area contributed by atoms with Gasteiger partial charge in [0.05, 0.1) is 5.69 Å². The summed E-state index contributed by atoms with van der Waals surface area (Å²) in [6.07, 6.45) is 5.31. The third kappa shape index (κ3) is 3.48. The first-order chi connectivity index (χ1) is 11.3. The summed E-state index contributed by atoms with van der Waals surface area (Å²) in [4.78, 5) is 8.60. The Bertz CT molecular complexity index is 885. The Morgan fingerprint density at radius 1 is 0.958 bits per heavy atom. The van der Waals surface area contributed by atoms with E-state index in [0.29, 0.717) is 10.7 Å².